The highest BCUT2D eigenvalue weighted by atomic mass is 16.6. The van der Waals surface area contributed by atoms with Gasteiger partial charge in [-0.1, -0.05) is 20.8 Å². The van der Waals surface area contributed by atoms with E-state index in [4.69, 9.17) is 9.47 Å². The van der Waals surface area contributed by atoms with E-state index in [-0.39, 0.29) is 34.0 Å². The molecule has 0 unspecified atom stereocenters. The fourth-order valence-electron chi connectivity index (χ4n) is 6.76. The second-order valence-electron chi connectivity index (χ2n) is 10.4. The zero-order chi connectivity index (χ0) is 23.0. The first kappa shape index (κ1) is 21.8. The summed E-state index contributed by atoms with van der Waals surface area (Å²) in [7, 11) is 1.49. The summed E-state index contributed by atoms with van der Waals surface area (Å²) in [6.07, 6.45) is 3.25. The Hall–Kier alpha value is -2.38. The van der Waals surface area contributed by atoms with Gasteiger partial charge in [0.25, 0.3) is 0 Å². The number of aromatic hydroxyl groups is 2. The number of hydrogen-bond donors (Lipinski definition) is 3. The number of methoxy groups -OCH3 is 1. The predicted molar refractivity (Wildman–Crippen MR) is 112 cm³/mol. The largest absolute Gasteiger partial charge is 0.508 e. The molecule has 1 aromatic rings. The van der Waals surface area contributed by atoms with Crippen LogP contribution in [0.25, 0.3) is 0 Å². The Balaban J connectivity index is 1.73. The van der Waals surface area contributed by atoms with E-state index in [9.17, 15) is 24.9 Å². The lowest BCUT2D eigenvalue weighted by Crippen LogP contribution is -2.75. The highest BCUT2D eigenvalue weighted by Crippen LogP contribution is 2.70. The molecule has 2 saturated carbocycles. The molecule has 2 fully saturated rings. The van der Waals surface area contributed by atoms with E-state index in [2.05, 4.69) is 13.8 Å². The van der Waals surface area contributed by atoms with Crippen LogP contribution in [0.15, 0.2) is 23.8 Å². The Bertz CT molecular complexity index is 973. The fraction of sp³-hybridized carbons (Fsp3) is 0.583. The number of phenolic OH excluding ortho intramolecular Hbond substituents is 2. The lowest BCUT2D eigenvalue weighted by atomic mass is 9.43. The van der Waals surface area contributed by atoms with Gasteiger partial charge in [0.15, 0.2) is 0 Å². The van der Waals surface area contributed by atoms with Gasteiger partial charge in [0.1, 0.15) is 35.1 Å². The van der Waals surface area contributed by atoms with Crippen LogP contribution in [0.4, 0.5) is 0 Å². The first-order valence-corrected chi connectivity index (χ1v) is 10.5. The Morgan fingerprint density at radius 2 is 1.87 bits per heavy atom. The van der Waals surface area contributed by atoms with Crippen LogP contribution in [0.2, 0.25) is 0 Å². The first-order chi connectivity index (χ1) is 14.3. The van der Waals surface area contributed by atoms with E-state index < -0.39 is 28.7 Å². The lowest BCUT2D eigenvalue weighted by Gasteiger charge is -2.67. The minimum atomic E-state index is -1.18. The zero-order valence-corrected chi connectivity index (χ0v) is 18.6. The Morgan fingerprint density at radius 3 is 2.45 bits per heavy atom. The number of benzene rings is 1. The summed E-state index contributed by atoms with van der Waals surface area (Å²) in [5, 5.41) is 31.2. The van der Waals surface area contributed by atoms with Crippen molar-refractivity contribution >= 4 is 12.3 Å². The molecular formula is C24H30O7. The Kier molecular flexibility index (Phi) is 4.62. The van der Waals surface area contributed by atoms with Crippen LogP contribution in [0.5, 0.6) is 11.5 Å². The average molecular weight is 430 g/mol. The maximum absolute atomic E-state index is 13.0. The van der Waals surface area contributed by atoms with E-state index in [1.165, 1.54) is 13.2 Å². The first-order valence-electron chi connectivity index (χ1n) is 10.5. The molecule has 7 heteroatoms. The number of aryl methyl sites for hydroxylation is 1. The highest BCUT2D eigenvalue weighted by molar-refractivity contribution is 5.94. The number of carbonyl (C=O) groups is 2. The predicted octanol–water partition coefficient (Wildman–Crippen LogP) is 3.03. The molecule has 0 saturated heterocycles. The third-order valence-electron chi connectivity index (χ3n) is 7.84. The highest BCUT2D eigenvalue weighted by Gasteiger charge is 2.76. The molecular weight excluding hydrogens is 400 g/mol. The van der Waals surface area contributed by atoms with Crippen LogP contribution < -0.4 is 0 Å². The molecule has 0 radical (unpaired) electrons. The molecule has 0 aliphatic heterocycles. The zero-order valence-electron chi connectivity index (χ0n) is 18.6. The van der Waals surface area contributed by atoms with Gasteiger partial charge in [0.2, 0.25) is 0 Å². The molecule has 0 bridgehead atoms. The molecule has 7 nitrogen and oxygen atoms in total. The van der Waals surface area contributed by atoms with Crippen LogP contribution in [-0.4, -0.2) is 52.0 Å². The molecule has 0 amide bonds. The molecule has 31 heavy (non-hydrogen) atoms. The van der Waals surface area contributed by atoms with Crippen molar-refractivity contribution in [2.75, 3.05) is 7.11 Å². The van der Waals surface area contributed by atoms with Gasteiger partial charge in [0.05, 0.1) is 5.60 Å². The number of aliphatic hydroxyl groups is 1. The topological polar surface area (TPSA) is 113 Å². The fourth-order valence-corrected chi connectivity index (χ4v) is 6.76. The van der Waals surface area contributed by atoms with Crippen molar-refractivity contribution in [3.05, 3.63) is 34.9 Å². The third kappa shape index (κ3) is 2.79. The second-order valence-corrected chi connectivity index (χ2v) is 10.4. The number of hydrogen-bond acceptors (Lipinski definition) is 7. The smallest absolute Gasteiger partial charge is 0.342 e. The number of aldehydes is 1. The summed E-state index contributed by atoms with van der Waals surface area (Å²) in [5.41, 5.74) is -2.38. The van der Waals surface area contributed by atoms with Crippen molar-refractivity contribution in [3.63, 3.8) is 0 Å². The van der Waals surface area contributed by atoms with Gasteiger partial charge in [-0.15, -0.1) is 0 Å². The third-order valence-corrected chi connectivity index (χ3v) is 7.84. The molecule has 1 aromatic carbocycles. The molecule has 3 aliphatic carbocycles. The van der Waals surface area contributed by atoms with Crippen molar-refractivity contribution in [3.8, 4) is 11.5 Å². The van der Waals surface area contributed by atoms with Crippen LogP contribution in [0.1, 0.15) is 56.0 Å². The van der Waals surface area contributed by atoms with Crippen molar-refractivity contribution in [1.82, 2.24) is 0 Å². The number of carbonyl (C=O) groups excluding carboxylic acids is 2. The minimum Gasteiger partial charge on any atom is -0.508 e. The Labute approximate surface area is 181 Å². The van der Waals surface area contributed by atoms with E-state index in [1.54, 1.807) is 13.0 Å². The number of phenols is 2. The van der Waals surface area contributed by atoms with Crippen LogP contribution in [-0.2, 0) is 14.3 Å². The lowest BCUT2D eigenvalue weighted by molar-refractivity contribution is -0.272. The molecule has 0 spiro atoms. The summed E-state index contributed by atoms with van der Waals surface area (Å²) in [4.78, 5) is 25.1. The summed E-state index contributed by atoms with van der Waals surface area (Å²) in [6.45, 7) is 7.77. The maximum Gasteiger partial charge on any atom is 0.342 e. The van der Waals surface area contributed by atoms with Crippen LogP contribution in [0, 0.1) is 23.7 Å². The van der Waals surface area contributed by atoms with Crippen molar-refractivity contribution in [2.24, 2.45) is 16.7 Å². The molecule has 168 valence electrons. The van der Waals surface area contributed by atoms with E-state index in [0.29, 0.717) is 24.7 Å². The van der Waals surface area contributed by atoms with E-state index >= 15 is 0 Å². The van der Waals surface area contributed by atoms with Gasteiger partial charge in [0, 0.05) is 30.1 Å². The van der Waals surface area contributed by atoms with E-state index in [0.717, 1.165) is 12.5 Å². The van der Waals surface area contributed by atoms with Gasteiger partial charge in [-0.2, -0.15) is 0 Å². The minimum absolute atomic E-state index is 0.0383. The van der Waals surface area contributed by atoms with Gasteiger partial charge in [-0.05, 0) is 49.3 Å². The number of ether oxygens (including phenoxy) is 2. The average Bonchev–Trinajstić information content (AvgIpc) is 2.89. The molecule has 3 N–H and O–H groups in total. The monoisotopic (exact) mass is 430 g/mol. The van der Waals surface area contributed by atoms with Gasteiger partial charge < -0.3 is 24.8 Å². The summed E-state index contributed by atoms with van der Waals surface area (Å²) in [6, 6.07) is 2.45. The van der Waals surface area contributed by atoms with Crippen molar-refractivity contribution < 1.29 is 34.4 Å². The number of fused-ring (bicyclic) bond motifs is 3. The molecule has 0 heterocycles. The maximum atomic E-state index is 13.0. The van der Waals surface area contributed by atoms with Crippen molar-refractivity contribution in [1.29, 1.82) is 0 Å². The van der Waals surface area contributed by atoms with Gasteiger partial charge in [-0.3, -0.25) is 4.79 Å². The van der Waals surface area contributed by atoms with Crippen LogP contribution >= 0.6 is 0 Å². The molecule has 5 atom stereocenters. The normalized spacial score (nSPS) is 37.8. The standard InChI is InChI=1S/C24H30O7/c1-13-6-15(26)7-16(27)19(13)20(28)31-18-10-22(4)17-9-21(2,3)12-23(17,29)8-14(11-25)24(18,22)30-5/h6-8,11,17-18,26-27,29H,9-10,12H2,1-5H3/t17-,18-,22-,23+,24+/m1/s1. The summed E-state index contributed by atoms with van der Waals surface area (Å²) >= 11 is 0. The number of rotatable bonds is 4. The summed E-state index contributed by atoms with van der Waals surface area (Å²) in [5.74, 6) is -1.44. The van der Waals surface area contributed by atoms with Crippen LogP contribution in [0.3, 0.4) is 0 Å². The second kappa shape index (κ2) is 6.56. The van der Waals surface area contributed by atoms with E-state index in [1.807, 2.05) is 6.92 Å². The number of esters is 1. The summed E-state index contributed by atoms with van der Waals surface area (Å²) < 4.78 is 11.7. The molecule has 4 rings (SSSR count). The molecule has 3 aliphatic rings. The SMILES string of the molecule is CO[C@]12C(C=O)=C[C@]3(O)CC(C)(C)C[C@@H]3[C@@]1(C)C[C@H]2OC(=O)c1c(C)cc(O)cc1O. The quantitative estimate of drug-likeness (QED) is 0.497. The van der Waals surface area contributed by atoms with Gasteiger partial charge >= 0.3 is 5.97 Å². The van der Waals surface area contributed by atoms with Crippen molar-refractivity contribution in [2.45, 2.75) is 64.3 Å². The van der Waals surface area contributed by atoms with Gasteiger partial charge in [-0.25, -0.2) is 4.79 Å². The molecule has 0 aromatic heterocycles. The Morgan fingerprint density at radius 1 is 1.19 bits per heavy atom.